The molecule has 0 spiro atoms. The second-order valence-corrected chi connectivity index (χ2v) is 7.00. The van der Waals surface area contributed by atoms with Gasteiger partial charge in [-0.3, -0.25) is 9.48 Å². The van der Waals surface area contributed by atoms with Crippen molar-refractivity contribution in [3.8, 4) is 0 Å². The summed E-state index contributed by atoms with van der Waals surface area (Å²) in [7, 11) is 0. The molecule has 1 aromatic rings. The topological polar surface area (TPSA) is 84.2 Å². The average molecular weight is 295 g/mol. The van der Waals surface area contributed by atoms with E-state index in [1.807, 2.05) is 0 Å². The maximum absolute atomic E-state index is 11.8. The van der Waals surface area contributed by atoms with Crippen molar-refractivity contribution < 1.29 is 14.7 Å². The molecule has 0 fully saturated rings. The van der Waals surface area contributed by atoms with Gasteiger partial charge in [0.1, 0.15) is 0 Å². The van der Waals surface area contributed by atoms with Crippen LogP contribution in [0.1, 0.15) is 53.9 Å². The van der Waals surface area contributed by atoms with Crippen LogP contribution in [0.3, 0.4) is 0 Å². The van der Waals surface area contributed by atoms with E-state index in [2.05, 4.69) is 31.2 Å². The number of carboxylic acids is 1. The summed E-state index contributed by atoms with van der Waals surface area (Å²) in [5.41, 5.74) is -0.406. The minimum atomic E-state index is -1.14. The molecule has 1 amide bonds. The Labute approximate surface area is 125 Å². The number of nitrogens with one attached hydrogen (secondary N) is 1. The molecule has 0 radical (unpaired) electrons. The van der Waals surface area contributed by atoms with Gasteiger partial charge in [0.15, 0.2) is 5.54 Å². The highest BCUT2D eigenvalue weighted by molar-refractivity contribution is 5.90. The van der Waals surface area contributed by atoms with E-state index >= 15 is 0 Å². The highest BCUT2D eigenvalue weighted by Gasteiger charge is 2.30. The Bertz CT molecular complexity index is 512. The molecule has 0 saturated heterocycles. The fourth-order valence-electron chi connectivity index (χ4n) is 1.79. The second-order valence-electron chi connectivity index (χ2n) is 7.00. The van der Waals surface area contributed by atoms with Crippen LogP contribution in [0.15, 0.2) is 12.4 Å². The highest BCUT2D eigenvalue weighted by atomic mass is 16.4. The van der Waals surface area contributed by atoms with Crippen molar-refractivity contribution in [2.45, 2.75) is 59.4 Å². The zero-order valence-electron chi connectivity index (χ0n) is 13.4. The minimum absolute atomic E-state index is 0.0769. The maximum atomic E-state index is 11.8. The highest BCUT2D eigenvalue weighted by Crippen LogP contribution is 2.22. The Morgan fingerprint density at radius 1 is 1.29 bits per heavy atom. The molecule has 0 aromatic carbocycles. The number of anilines is 1. The summed E-state index contributed by atoms with van der Waals surface area (Å²) in [6, 6.07) is 0. The quantitative estimate of drug-likeness (QED) is 0.845. The van der Waals surface area contributed by atoms with Crippen LogP contribution in [0, 0.1) is 5.41 Å². The van der Waals surface area contributed by atoms with Crippen LogP contribution in [0.5, 0.6) is 0 Å². The van der Waals surface area contributed by atoms with Crippen LogP contribution in [0.2, 0.25) is 0 Å². The van der Waals surface area contributed by atoms with E-state index in [1.165, 1.54) is 17.1 Å². The molecule has 0 aliphatic carbocycles. The third kappa shape index (κ3) is 5.21. The predicted octanol–water partition coefficient (Wildman–Crippen LogP) is 2.86. The van der Waals surface area contributed by atoms with Crippen LogP contribution < -0.4 is 5.32 Å². The van der Waals surface area contributed by atoms with E-state index < -0.39 is 11.5 Å². The molecule has 0 unspecified atom stereocenters. The molecule has 0 saturated carbocycles. The number of carbonyl (C=O) groups excluding carboxylic acids is 1. The molecule has 0 aliphatic rings. The van der Waals surface area contributed by atoms with Gasteiger partial charge in [-0.15, -0.1) is 0 Å². The van der Waals surface area contributed by atoms with Crippen molar-refractivity contribution in [3.05, 3.63) is 12.4 Å². The Hall–Kier alpha value is -1.85. The monoisotopic (exact) mass is 295 g/mol. The molecule has 0 aliphatic heterocycles. The lowest BCUT2D eigenvalue weighted by atomic mass is 9.90. The fourth-order valence-corrected chi connectivity index (χ4v) is 1.79. The smallest absolute Gasteiger partial charge is 0.331 e. The Morgan fingerprint density at radius 2 is 1.90 bits per heavy atom. The van der Waals surface area contributed by atoms with Crippen LogP contribution >= 0.6 is 0 Å². The number of aromatic nitrogens is 2. The first-order valence-electron chi connectivity index (χ1n) is 7.11. The first-order chi connectivity index (χ1) is 9.52. The van der Waals surface area contributed by atoms with E-state index in [9.17, 15) is 9.59 Å². The predicted molar refractivity (Wildman–Crippen MR) is 81.1 cm³/mol. The number of nitrogens with zero attached hydrogens (tertiary/aromatic N) is 2. The largest absolute Gasteiger partial charge is 0.479 e. The molecule has 1 rings (SSSR count). The number of amides is 1. The van der Waals surface area contributed by atoms with E-state index in [1.54, 1.807) is 13.8 Å². The third-order valence-corrected chi connectivity index (χ3v) is 3.29. The van der Waals surface area contributed by atoms with Crippen molar-refractivity contribution >= 4 is 17.6 Å². The molecular formula is C15H25N3O3. The van der Waals surface area contributed by atoms with Crippen LogP contribution in [-0.2, 0) is 15.1 Å². The molecular weight excluding hydrogens is 270 g/mol. The summed E-state index contributed by atoms with van der Waals surface area (Å²) in [6.07, 6.45) is 5.25. The molecule has 2 N–H and O–H groups in total. The zero-order chi connectivity index (χ0) is 16.3. The van der Waals surface area contributed by atoms with Crippen LogP contribution in [0.25, 0.3) is 0 Å². The van der Waals surface area contributed by atoms with Crippen molar-refractivity contribution in [1.82, 2.24) is 9.78 Å². The molecule has 6 heteroatoms. The summed E-state index contributed by atoms with van der Waals surface area (Å²) in [6.45, 7) is 9.53. The summed E-state index contributed by atoms with van der Waals surface area (Å²) in [5.74, 6) is -1.06. The molecule has 1 aromatic heterocycles. The van der Waals surface area contributed by atoms with Crippen LogP contribution in [0.4, 0.5) is 5.69 Å². The van der Waals surface area contributed by atoms with Gasteiger partial charge in [0.05, 0.1) is 11.9 Å². The number of aliphatic carboxylic acids is 1. The van der Waals surface area contributed by atoms with E-state index in [4.69, 9.17) is 5.11 Å². The van der Waals surface area contributed by atoms with Gasteiger partial charge in [-0.2, -0.15) is 5.10 Å². The summed E-state index contributed by atoms with van der Waals surface area (Å²) < 4.78 is 1.33. The third-order valence-electron chi connectivity index (χ3n) is 3.29. The number of hydrogen-bond acceptors (Lipinski definition) is 3. The number of hydrogen-bond donors (Lipinski definition) is 2. The van der Waals surface area contributed by atoms with Gasteiger partial charge < -0.3 is 10.4 Å². The van der Waals surface area contributed by atoms with Gasteiger partial charge in [0.25, 0.3) is 0 Å². The molecule has 1 heterocycles. The van der Waals surface area contributed by atoms with Gasteiger partial charge in [-0.1, -0.05) is 20.8 Å². The summed E-state index contributed by atoms with van der Waals surface area (Å²) >= 11 is 0. The zero-order valence-corrected chi connectivity index (χ0v) is 13.4. The lowest BCUT2D eigenvalue weighted by molar-refractivity contribution is -0.146. The second kappa shape index (κ2) is 6.28. The number of carbonyl (C=O) groups is 2. The summed E-state index contributed by atoms with van der Waals surface area (Å²) in [4.78, 5) is 23.0. The maximum Gasteiger partial charge on any atom is 0.331 e. The average Bonchev–Trinajstić information content (AvgIpc) is 2.75. The molecule has 21 heavy (non-hydrogen) atoms. The lowest BCUT2D eigenvalue weighted by Crippen LogP contribution is -2.35. The first kappa shape index (κ1) is 17.2. The Balaban J connectivity index is 2.55. The standard InChI is InChI=1S/C15H25N3O3/c1-14(2,3)8-6-7-12(19)17-11-9-16-18(10-11)15(4,5)13(20)21/h9-10H,6-8H2,1-5H3,(H,17,19)(H,20,21). The van der Waals surface area contributed by atoms with Gasteiger partial charge in [0.2, 0.25) is 5.91 Å². The molecule has 0 bridgehead atoms. The molecule has 118 valence electrons. The summed E-state index contributed by atoms with van der Waals surface area (Å²) in [5, 5.41) is 15.9. The van der Waals surface area contributed by atoms with Crippen molar-refractivity contribution in [1.29, 1.82) is 0 Å². The van der Waals surface area contributed by atoms with Crippen LogP contribution in [-0.4, -0.2) is 26.8 Å². The van der Waals surface area contributed by atoms with E-state index in [0.717, 1.165) is 12.8 Å². The van der Waals surface area contributed by atoms with Crippen molar-refractivity contribution in [2.75, 3.05) is 5.32 Å². The van der Waals surface area contributed by atoms with E-state index in [-0.39, 0.29) is 11.3 Å². The Kier molecular flexibility index (Phi) is 5.15. The first-order valence-corrected chi connectivity index (χ1v) is 7.11. The van der Waals surface area contributed by atoms with Gasteiger partial charge >= 0.3 is 5.97 Å². The lowest BCUT2D eigenvalue weighted by Gasteiger charge is -2.19. The SMILES string of the molecule is CC(C)(C)CCCC(=O)Nc1cnn(C(C)(C)C(=O)O)c1. The van der Waals surface area contributed by atoms with Gasteiger partial charge in [-0.25, -0.2) is 4.79 Å². The van der Waals surface area contributed by atoms with E-state index in [0.29, 0.717) is 12.1 Å². The van der Waals surface area contributed by atoms with Crippen molar-refractivity contribution in [2.24, 2.45) is 5.41 Å². The molecule has 6 nitrogen and oxygen atoms in total. The fraction of sp³-hybridized carbons (Fsp3) is 0.667. The minimum Gasteiger partial charge on any atom is -0.479 e. The molecule has 0 atom stereocenters. The van der Waals surface area contributed by atoms with Gasteiger partial charge in [0, 0.05) is 12.6 Å². The number of carboxylic acid groups (broad SMARTS) is 1. The Morgan fingerprint density at radius 3 is 2.43 bits per heavy atom. The van der Waals surface area contributed by atoms with Gasteiger partial charge in [-0.05, 0) is 32.1 Å². The normalized spacial score (nSPS) is 12.2. The van der Waals surface area contributed by atoms with Crippen molar-refractivity contribution in [3.63, 3.8) is 0 Å². The number of rotatable bonds is 6.